The molecule has 0 bridgehead atoms. The van der Waals surface area contributed by atoms with Crippen molar-refractivity contribution in [3.8, 4) is 0 Å². The van der Waals surface area contributed by atoms with Gasteiger partial charge in [-0.25, -0.2) is 0 Å². The molecule has 0 saturated carbocycles. The first-order valence-corrected chi connectivity index (χ1v) is 5.37. The lowest BCUT2D eigenvalue weighted by Gasteiger charge is -2.11. The predicted octanol–water partition coefficient (Wildman–Crippen LogP) is -0.538. The summed E-state index contributed by atoms with van der Waals surface area (Å²) in [6.45, 7) is 2.48. The summed E-state index contributed by atoms with van der Waals surface area (Å²) in [6, 6.07) is 1.68. The van der Waals surface area contributed by atoms with Crippen LogP contribution in [0.25, 0.3) is 0 Å². The van der Waals surface area contributed by atoms with Gasteiger partial charge in [-0.05, 0) is 20.0 Å². The van der Waals surface area contributed by atoms with Gasteiger partial charge in [0.2, 0.25) is 5.91 Å². The van der Waals surface area contributed by atoms with Crippen LogP contribution in [0.15, 0.2) is 12.3 Å². The van der Waals surface area contributed by atoms with Crippen molar-refractivity contribution in [2.45, 2.75) is 13.0 Å². The monoisotopic (exact) mass is 238 g/mol. The quantitative estimate of drug-likeness (QED) is 0.643. The smallest absolute Gasteiger partial charge is 0.267 e. The van der Waals surface area contributed by atoms with Crippen molar-refractivity contribution in [3.05, 3.63) is 23.5 Å². The summed E-state index contributed by atoms with van der Waals surface area (Å²) in [6.07, 6.45) is 1.54. The molecule has 1 aromatic heterocycles. The highest BCUT2D eigenvalue weighted by molar-refractivity contribution is 5.98. The topological polar surface area (TPSA) is 89.2 Å². The van der Waals surface area contributed by atoms with Crippen LogP contribution in [0.1, 0.15) is 27.8 Å². The molecule has 94 valence electrons. The van der Waals surface area contributed by atoms with Gasteiger partial charge in [0, 0.05) is 25.8 Å². The molecule has 0 spiro atoms. The standard InChI is InChI=1S/C11H18N4O2/c1-7(13-2)5-14-11(17)9-4-8(10(12)16)6-15(9)3/h4,6-7,13H,5H2,1-3H3,(H2,12,16)(H,14,17). The van der Waals surface area contributed by atoms with Crippen molar-refractivity contribution in [2.75, 3.05) is 13.6 Å². The maximum Gasteiger partial charge on any atom is 0.267 e. The predicted molar refractivity (Wildman–Crippen MR) is 64.8 cm³/mol. The van der Waals surface area contributed by atoms with Gasteiger partial charge in [-0.15, -0.1) is 0 Å². The molecule has 0 aliphatic heterocycles. The van der Waals surface area contributed by atoms with Gasteiger partial charge in [0.25, 0.3) is 5.91 Å². The molecule has 1 atom stereocenters. The molecule has 0 aromatic carbocycles. The van der Waals surface area contributed by atoms with Crippen molar-refractivity contribution in [2.24, 2.45) is 12.8 Å². The molecule has 1 aromatic rings. The number of nitrogens with zero attached hydrogens (tertiary/aromatic N) is 1. The number of nitrogens with two attached hydrogens (primary N) is 1. The maximum atomic E-state index is 11.8. The molecule has 17 heavy (non-hydrogen) atoms. The third-order valence-electron chi connectivity index (χ3n) is 2.58. The Balaban J connectivity index is 2.72. The lowest BCUT2D eigenvalue weighted by atomic mass is 10.3. The maximum absolute atomic E-state index is 11.8. The van der Waals surface area contributed by atoms with Gasteiger partial charge in [-0.2, -0.15) is 0 Å². The van der Waals surface area contributed by atoms with Crippen LogP contribution in [0, 0.1) is 0 Å². The first-order valence-electron chi connectivity index (χ1n) is 5.37. The molecular weight excluding hydrogens is 220 g/mol. The number of hydrogen-bond acceptors (Lipinski definition) is 3. The molecule has 1 rings (SSSR count). The van der Waals surface area contributed by atoms with E-state index in [2.05, 4.69) is 10.6 Å². The number of hydrogen-bond donors (Lipinski definition) is 3. The fourth-order valence-corrected chi connectivity index (χ4v) is 1.36. The van der Waals surface area contributed by atoms with Crippen LogP contribution in [-0.2, 0) is 7.05 Å². The Hall–Kier alpha value is -1.82. The number of amides is 2. The number of aryl methyl sites for hydroxylation is 1. The summed E-state index contributed by atoms with van der Waals surface area (Å²) in [5, 5.41) is 5.78. The first-order chi connectivity index (χ1) is 7.95. The second-order valence-corrected chi connectivity index (χ2v) is 3.99. The van der Waals surface area contributed by atoms with E-state index in [9.17, 15) is 9.59 Å². The van der Waals surface area contributed by atoms with Crippen molar-refractivity contribution >= 4 is 11.8 Å². The van der Waals surface area contributed by atoms with Crippen LogP contribution in [0.2, 0.25) is 0 Å². The summed E-state index contributed by atoms with van der Waals surface area (Å²) in [4.78, 5) is 22.8. The van der Waals surface area contributed by atoms with Gasteiger partial charge in [0.1, 0.15) is 5.69 Å². The summed E-state index contributed by atoms with van der Waals surface area (Å²) in [5.74, 6) is -0.759. The van der Waals surface area contributed by atoms with Crippen LogP contribution in [-0.4, -0.2) is 36.0 Å². The van der Waals surface area contributed by atoms with Crippen LogP contribution in [0.4, 0.5) is 0 Å². The van der Waals surface area contributed by atoms with Gasteiger partial charge in [-0.1, -0.05) is 0 Å². The molecule has 2 amide bonds. The third-order valence-corrected chi connectivity index (χ3v) is 2.58. The Morgan fingerprint density at radius 3 is 2.65 bits per heavy atom. The van der Waals surface area contributed by atoms with E-state index in [0.29, 0.717) is 17.8 Å². The van der Waals surface area contributed by atoms with E-state index in [0.717, 1.165) is 0 Å². The molecule has 1 heterocycles. The van der Waals surface area contributed by atoms with Crippen molar-refractivity contribution in [1.82, 2.24) is 15.2 Å². The number of carbonyl (C=O) groups is 2. The third kappa shape index (κ3) is 3.32. The summed E-state index contributed by atoms with van der Waals surface area (Å²) in [5.41, 5.74) is 5.90. The van der Waals surface area contributed by atoms with E-state index in [1.165, 1.54) is 6.07 Å². The minimum absolute atomic E-state index is 0.190. The zero-order valence-electron chi connectivity index (χ0n) is 10.3. The average Bonchev–Trinajstić information content (AvgIpc) is 2.68. The van der Waals surface area contributed by atoms with E-state index in [1.54, 1.807) is 17.8 Å². The molecule has 1 unspecified atom stereocenters. The fraction of sp³-hybridized carbons (Fsp3) is 0.455. The minimum Gasteiger partial charge on any atom is -0.366 e. The SMILES string of the molecule is CNC(C)CNC(=O)c1cc(C(N)=O)cn1C. The Labute approximate surface area is 100 Å². The number of nitrogens with one attached hydrogen (secondary N) is 2. The molecule has 0 aliphatic rings. The molecule has 0 saturated heterocycles. The molecule has 6 heteroatoms. The van der Waals surface area contributed by atoms with Crippen molar-refractivity contribution < 1.29 is 9.59 Å². The van der Waals surface area contributed by atoms with E-state index < -0.39 is 5.91 Å². The van der Waals surface area contributed by atoms with Crippen LogP contribution in [0.5, 0.6) is 0 Å². The first kappa shape index (κ1) is 13.2. The number of aromatic nitrogens is 1. The number of rotatable bonds is 5. The van der Waals surface area contributed by atoms with Gasteiger partial charge >= 0.3 is 0 Å². The number of primary amides is 1. The van der Waals surface area contributed by atoms with Gasteiger partial charge in [-0.3, -0.25) is 9.59 Å². The summed E-state index contributed by atoms with van der Waals surface area (Å²) >= 11 is 0. The Kier molecular flexibility index (Phi) is 4.28. The molecule has 0 aliphatic carbocycles. The Morgan fingerprint density at radius 1 is 1.53 bits per heavy atom. The summed E-state index contributed by atoms with van der Waals surface area (Å²) in [7, 11) is 3.52. The normalized spacial score (nSPS) is 12.2. The second kappa shape index (κ2) is 5.49. The molecule has 0 radical (unpaired) electrons. The number of likely N-dealkylation sites (N-methyl/N-ethyl adjacent to an activating group) is 1. The Morgan fingerprint density at radius 2 is 2.18 bits per heavy atom. The minimum atomic E-state index is -0.539. The van der Waals surface area contributed by atoms with Crippen LogP contribution < -0.4 is 16.4 Å². The lowest BCUT2D eigenvalue weighted by molar-refractivity contribution is 0.0942. The van der Waals surface area contributed by atoms with Crippen LogP contribution in [0.3, 0.4) is 0 Å². The van der Waals surface area contributed by atoms with E-state index in [1.807, 2.05) is 14.0 Å². The highest BCUT2D eigenvalue weighted by Gasteiger charge is 2.14. The molecule has 4 N–H and O–H groups in total. The highest BCUT2D eigenvalue weighted by atomic mass is 16.2. The number of carbonyl (C=O) groups excluding carboxylic acids is 2. The average molecular weight is 238 g/mol. The van der Waals surface area contributed by atoms with Gasteiger partial charge < -0.3 is 20.9 Å². The molecule has 0 fully saturated rings. The van der Waals surface area contributed by atoms with Gasteiger partial charge in [0.05, 0.1) is 5.56 Å². The highest BCUT2D eigenvalue weighted by Crippen LogP contribution is 2.06. The van der Waals surface area contributed by atoms with E-state index in [4.69, 9.17) is 5.73 Å². The largest absolute Gasteiger partial charge is 0.366 e. The van der Waals surface area contributed by atoms with Crippen molar-refractivity contribution in [3.63, 3.8) is 0 Å². The van der Waals surface area contributed by atoms with Gasteiger partial charge in [0.15, 0.2) is 0 Å². The van der Waals surface area contributed by atoms with E-state index >= 15 is 0 Å². The van der Waals surface area contributed by atoms with Crippen molar-refractivity contribution in [1.29, 1.82) is 0 Å². The van der Waals surface area contributed by atoms with Crippen LogP contribution >= 0.6 is 0 Å². The fourth-order valence-electron chi connectivity index (χ4n) is 1.36. The second-order valence-electron chi connectivity index (χ2n) is 3.99. The zero-order valence-corrected chi connectivity index (χ0v) is 10.3. The molecule has 6 nitrogen and oxygen atoms in total. The molecular formula is C11H18N4O2. The lowest BCUT2D eigenvalue weighted by Crippen LogP contribution is -2.37. The summed E-state index contributed by atoms with van der Waals surface area (Å²) < 4.78 is 1.58. The van der Waals surface area contributed by atoms with E-state index in [-0.39, 0.29) is 11.9 Å². The Bertz CT molecular complexity index is 425. The zero-order chi connectivity index (χ0) is 13.0.